The first-order chi connectivity index (χ1) is 29.0. The first-order valence-corrected chi connectivity index (χ1v) is 25.2. The monoisotopic (exact) mass is 836 g/mol. The van der Waals surface area contributed by atoms with Gasteiger partial charge in [-0.25, -0.2) is 0 Å². The molecule has 8 nitrogen and oxygen atoms in total. The van der Waals surface area contributed by atoms with Gasteiger partial charge in [0.25, 0.3) is 0 Å². The predicted octanol–water partition coefficient (Wildman–Crippen LogP) is 13.6. The topological polar surface area (TPSA) is 94.5 Å². The minimum Gasteiger partial charge on any atom is -0.466 e. The molecule has 0 aliphatic rings. The van der Waals surface area contributed by atoms with Crippen molar-refractivity contribution in [3.05, 3.63) is 24.3 Å². The van der Waals surface area contributed by atoms with Crippen molar-refractivity contribution in [2.75, 3.05) is 52.7 Å². The summed E-state index contributed by atoms with van der Waals surface area (Å²) in [6.45, 7) is 14.3. The highest BCUT2D eigenvalue weighted by Crippen LogP contribution is 2.20. The van der Waals surface area contributed by atoms with Gasteiger partial charge < -0.3 is 29.0 Å². The van der Waals surface area contributed by atoms with Gasteiger partial charge in [-0.3, -0.25) is 9.59 Å². The lowest BCUT2D eigenvalue weighted by Gasteiger charge is -2.22. The molecule has 0 fully saturated rings. The van der Waals surface area contributed by atoms with Crippen molar-refractivity contribution in [2.24, 2.45) is 5.92 Å². The number of aliphatic hydroxyl groups excluding tert-OH is 1. The molecule has 0 saturated heterocycles. The van der Waals surface area contributed by atoms with E-state index in [9.17, 15) is 14.7 Å². The number of carbonyl (C=O) groups is 2. The maximum absolute atomic E-state index is 12.6. The first kappa shape index (κ1) is 57.3. The molecule has 1 N–H and O–H groups in total. The summed E-state index contributed by atoms with van der Waals surface area (Å²) in [7, 11) is 0. The van der Waals surface area contributed by atoms with Gasteiger partial charge in [0.1, 0.15) is 0 Å². The fourth-order valence-electron chi connectivity index (χ4n) is 7.31. The van der Waals surface area contributed by atoms with Crippen molar-refractivity contribution in [3.8, 4) is 0 Å². The molecular weight excluding hydrogens is 739 g/mol. The molecule has 0 aliphatic heterocycles. The van der Waals surface area contributed by atoms with Crippen LogP contribution < -0.4 is 0 Å². The third kappa shape index (κ3) is 42.7. The summed E-state index contributed by atoms with van der Waals surface area (Å²) in [4.78, 5) is 27.6. The Kier molecular flexibility index (Phi) is 45.9. The minimum atomic E-state index is -0.364. The molecule has 8 heteroatoms. The highest BCUT2D eigenvalue weighted by atomic mass is 16.7. The number of esters is 2. The molecule has 1 atom stereocenters. The molecule has 0 radical (unpaired) electrons. The highest BCUT2D eigenvalue weighted by molar-refractivity contribution is 5.69. The summed E-state index contributed by atoms with van der Waals surface area (Å²) in [5.41, 5.74) is 0. The third-order valence-corrected chi connectivity index (χ3v) is 11.1. The number of aliphatic hydroxyl groups is 1. The Balaban J connectivity index is 4.31. The van der Waals surface area contributed by atoms with Crippen LogP contribution >= 0.6 is 0 Å². The number of hydrogen-bond donors (Lipinski definition) is 1. The van der Waals surface area contributed by atoms with E-state index in [1.54, 1.807) is 0 Å². The van der Waals surface area contributed by atoms with Crippen LogP contribution in [0.1, 0.15) is 227 Å². The Labute approximate surface area is 365 Å². The van der Waals surface area contributed by atoms with E-state index in [1.807, 2.05) is 0 Å². The van der Waals surface area contributed by atoms with Crippen LogP contribution in [-0.4, -0.2) is 80.9 Å². The van der Waals surface area contributed by atoms with E-state index < -0.39 is 0 Å². The van der Waals surface area contributed by atoms with Crippen LogP contribution in [0.4, 0.5) is 0 Å². The van der Waals surface area contributed by atoms with Gasteiger partial charge in [0.2, 0.25) is 0 Å². The molecule has 0 rings (SSSR count). The summed E-state index contributed by atoms with van der Waals surface area (Å²) in [6.07, 6.45) is 41.4. The minimum absolute atomic E-state index is 0.0319. The zero-order valence-corrected chi connectivity index (χ0v) is 39.4. The van der Waals surface area contributed by atoms with Gasteiger partial charge in [0.15, 0.2) is 6.29 Å². The van der Waals surface area contributed by atoms with Crippen LogP contribution in [0.15, 0.2) is 24.3 Å². The SMILES string of the molecule is CC/C=C\CCCCOC(CCC(=O)OCCCCCCN(CCCO)CCCCCC(=O)OCC(CCCCCC)CCCCCCCC)OCCCC/C=C\CC. The van der Waals surface area contributed by atoms with Gasteiger partial charge >= 0.3 is 11.9 Å². The maximum Gasteiger partial charge on any atom is 0.305 e. The average Bonchev–Trinajstić information content (AvgIpc) is 3.24. The number of ether oxygens (including phenoxy) is 4. The van der Waals surface area contributed by atoms with Crippen molar-refractivity contribution in [2.45, 2.75) is 233 Å². The molecular formula is C51H97NO7. The van der Waals surface area contributed by atoms with Crippen LogP contribution in [0.3, 0.4) is 0 Å². The Morgan fingerprint density at radius 3 is 1.58 bits per heavy atom. The Morgan fingerprint density at radius 1 is 0.492 bits per heavy atom. The van der Waals surface area contributed by atoms with Crippen molar-refractivity contribution in [3.63, 3.8) is 0 Å². The van der Waals surface area contributed by atoms with Crippen molar-refractivity contribution in [1.29, 1.82) is 0 Å². The van der Waals surface area contributed by atoms with E-state index in [2.05, 4.69) is 56.9 Å². The Bertz CT molecular complexity index is 917. The lowest BCUT2D eigenvalue weighted by Crippen LogP contribution is -2.28. The lowest BCUT2D eigenvalue weighted by atomic mass is 9.95. The molecule has 348 valence electrons. The van der Waals surface area contributed by atoms with Crippen LogP contribution in [-0.2, 0) is 28.5 Å². The molecule has 0 heterocycles. The molecule has 0 aliphatic carbocycles. The third-order valence-electron chi connectivity index (χ3n) is 11.1. The number of hydrogen-bond acceptors (Lipinski definition) is 8. The fourth-order valence-corrected chi connectivity index (χ4v) is 7.31. The van der Waals surface area contributed by atoms with E-state index in [0.717, 1.165) is 122 Å². The number of allylic oxidation sites excluding steroid dienone is 4. The van der Waals surface area contributed by atoms with E-state index in [1.165, 1.54) is 77.0 Å². The molecule has 0 aromatic carbocycles. The van der Waals surface area contributed by atoms with Gasteiger partial charge in [-0.2, -0.15) is 0 Å². The van der Waals surface area contributed by atoms with Gasteiger partial charge in [-0.05, 0) is 115 Å². The molecule has 0 aromatic heterocycles. The number of rotatable bonds is 47. The molecule has 59 heavy (non-hydrogen) atoms. The molecule has 0 aromatic rings. The molecule has 0 saturated carbocycles. The normalized spacial score (nSPS) is 12.5. The number of carbonyl (C=O) groups excluding carboxylic acids is 2. The summed E-state index contributed by atoms with van der Waals surface area (Å²) in [5.74, 6) is 0.304. The van der Waals surface area contributed by atoms with Crippen LogP contribution in [0.25, 0.3) is 0 Å². The summed E-state index contributed by atoms with van der Waals surface area (Å²) < 4.78 is 23.5. The Hall–Kier alpha value is -1.74. The first-order valence-electron chi connectivity index (χ1n) is 25.2. The van der Waals surface area contributed by atoms with Crippen molar-refractivity contribution < 1.29 is 33.6 Å². The van der Waals surface area contributed by atoms with E-state index >= 15 is 0 Å². The molecule has 1 unspecified atom stereocenters. The largest absolute Gasteiger partial charge is 0.466 e. The maximum atomic E-state index is 12.6. The zero-order chi connectivity index (χ0) is 43.1. The predicted molar refractivity (Wildman–Crippen MR) is 249 cm³/mol. The smallest absolute Gasteiger partial charge is 0.305 e. The lowest BCUT2D eigenvalue weighted by molar-refractivity contribution is -0.159. The zero-order valence-electron chi connectivity index (χ0n) is 39.4. The van der Waals surface area contributed by atoms with Crippen LogP contribution in [0.5, 0.6) is 0 Å². The van der Waals surface area contributed by atoms with E-state index in [4.69, 9.17) is 18.9 Å². The van der Waals surface area contributed by atoms with E-state index in [-0.39, 0.29) is 24.8 Å². The second-order valence-electron chi connectivity index (χ2n) is 16.8. The summed E-state index contributed by atoms with van der Waals surface area (Å²) in [6, 6.07) is 0. The second kappa shape index (κ2) is 47.3. The molecule has 0 amide bonds. The van der Waals surface area contributed by atoms with Crippen molar-refractivity contribution >= 4 is 11.9 Å². The van der Waals surface area contributed by atoms with Crippen molar-refractivity contribution in [1.82, 2.24) is 4.90 Å². The average molecular weight is 836 g/mol. The Morgan fingerprint density at radius 2 is 0.983 bits per heavy atom. The summed E-state index contributed by atoms with van der Waals surface area (Å²) in [5, 5.41) is 9.45. The second-order valence-corrected chi connectivity index (χ2v) is 16.8. The number of unbranched alkanes of at least 4 members (excludes halogenated alkanes) is 17. The number of nitrogens with zero attached hydrogens (tertiary/aromatic N) is 1. The highest BCUT2D eigenvalue weighted by Gasteiger charge is 2.15. The van der Waals surface area contributed by atoms with Gasteiger partial charge in [-0.15, -0.1) is 0 Å². The quantitative estimate of drug-likeness (QED) is 0.0280. The standard InChI is InChI=1S/C51H97NO7/c1-5-9-13-17-20-27-36-48(35-26-16-12-8-4)47-59-49(54)37-28-25-30-41-52(42-34-43-53)40-29-21-24-31-44-56-50(55)38-39-51(57-45-32-22-18-14-10-6-2)58-46-33-23-19-15-11-7-3/h10-11,14-15,48,51,53H,5-9,12-13,16-47H2,1-4H3/b14-10-,15-11-. The van der Waals surface area contributed by atoms with Crippen LogP contribution in [0.2, 0.25) is 0 Å². The van der Waals surface area contributed by atoms with Gasteiger partial charge in [0, 0.05) is 39.2 Å². The summed E-state index contributed by atoms with van der Waals surface area (Å²) >= 11 is 0. The van der Waals surface area contributed by atoms with E-state index in [0.29, 0.717) is 51.6 Å². The van der Waals surface area contributed by atoms with Gasteiger partial charge in [-0.1, -0.05) is 135 Å². The molecule has 0 spiro atoms. The van der Waals surface area contributed by atoms with Gasteiger partial charge in [0.05, 0.1) is 19.6 Å². The fraction of sp³-hybridized carbons (Fsp3) is 0.882. The molecule has 0 bridgehead atoms. The van der Waals surface area contributed by atoms with Crippen LogP contribution in [0, 0.1) is 5.92 Å².